The van der Waals surface area contributed by atoms with E-state index in [-0.39, 0.29) is 6.61 Å². The van der Waals surface area contributed by atoms with E-state index in [9.17, 15) is 4.79 Å². The molecule has 0 N–H and O–H groups in total. The minimum Gasteiger partial charge on any atom is -0.493 e. The maximum atomic E-state index is 12.3. The van der Waals surface area contributed by atoms with Gasteiger partial charge in [-0.05, 0) is 36.3 Å². The van der Waals surface area contributed by atoms with Gasteiger partial charge in [0, 0.05) is 22.3 Å². The van der Waals surface area contributed by atoms with E-state index in [0.29, 0.717) is 33.9 Å². The highest BCUT2D eigenvalue weighted by Crippen LogP contribution is 2.38. The topological polar surface area (TPSA) is 63.2 Å². The molecule has 0 aliphatic heterocycles. The second-order valence-corrected chi connectivity index (χ2v) is 7.23. The molecule has 36 heavy (non-hydrogen) atoms. The summed E-state index contributed by atoms with van der Waals surface area (Å²) in [5, 5.41) is 0. The van der Waals surface area contributed by atoms with Gasteiger partial charge in [-0.3, -0.25) is 0 Å². The highest BCUT2D eigenvalue weighted by atomic mass is 16.7. The first-order chi connectivity index (χ1) is 17.6. The first-order valence-corrected chi connectivity index (χ1v) is 11.0. The monoisotopic (exact) mass is 482 g/mol. The number of hydrogen-bond donors (Lipinski definition) is 0. The average molecular weight is 483 g/mol. The lowest BCUT2D eigenvalue weighted by Crippen LogP contribution is -2.13. The van der Waals surface area contributed by atoms with Gasteiger partial charge in [0.1, 0.15) is 6.61 Å². The summed E-state index contributed by atoms with van der Waals surface area (Å²) in [4.78, 5) is 12.3. The third-order valence-corrected chi connectivity index (χ3v) is 4.90. The molecule has 0 fully saturated rings. The Morgan fingerprint density at radius 1 is 0.861 bits per heavy atom. The van der Waals surface area contributed by atoms with E-state index >= 15 is 0 Å². The highest BCUT2D eigenvalue weighted by Gasteiger charge is 2.19. The lowest BCUT2D eigenvalue weighted by Gasteiger charge is -2.14. The van der Waals surface area contributed by atoms with Gasteiger partial charge in [0.15, 0.2) is 17.6 Å². The van der Waals surface area contributed by atoms with Gasteiger partial charge in [0.05, 0.1) is 21.3 Å². The molecule has 6 heteroatoms. The van der Waals surface area contributed by atoms with E-state index in [1.165, 1.54) is 27.4 Å². The Hall–Kier alpha value is -4.81. The fourth-order valence-corrected chi connectivity index (χ4v) is 3.23. The van der Waals surface area contributed by atoms with E-state index in [1.807, 2.05) is 54.6 Å². The number of carbonyl (C=O) groups is 1. The summed E-state index contributed by atoms with van der Waals surface area (Å²) in [5.74, 6) is 13.7. The molecule has 1 unspecified atom stereocenters. The number of ether oxygens (including phenoxy) is 5. The summed E-state index contributed by atoms with van der Waals surface area (Å²) in [6.45, 7) is 3.56. The minimum atomic E-state index is -0.956. The number of methoxy groups -OCH3 is 3. The molecule has 3 aromatic carbocycles. The molecule has 182 valence electrons. The molecule has 0 spiro atoms. The highest BCUT2D eigenvalue weighted by molar-refractivity contribution is 5.62. The van der Waals surface area contributed by atoms with E-state index < -0.39 is 12.3 Å². The van der Waals surface area contributed by atoms with Crippen molar-refractivity contribution < 1.29 is 28.5 Å². The molecule has 0 radical (unpaired) electrons. The molecule has 0 amide bonds. The fourth-order valence-electron chi connectivity index (χ4n) is 3.23. The molecular formula is C30H26O6. The van der Waals surface area contributed by atoms with Crippen LogP contribution in [0.5, 0.6) is 17.2 Å². The summed E-state index contributed by atoms with van der Waals surface area (Å²) < 4.78 is 26.8. The number of hydrogen-bond acceptors (Lipinski definition) is 6. The zero-order valence-electron chi connectivity index (χ0n) is 20.4. The second kappa shape index (κ2) is 13.2. The van der Waals surface area contributed by atoms with Crippen LogP contribution in [0.15, 0.2) is 79.4 Å². The number of benzene rings is 3. The van der Waals surface area contributed by atoms with E-state index in [1.54, 1.807) is 12.1 Å². The van der Waals surface area contributed by atoms with Gasteiger partial charge in [-0.25, -0.2) is 4.79 Å². The minimum absolute atomic E-state index is 0.0152. The number of carbonyl (C=O) groups excluding carboxylic acids is 1. The van der Waals surface area contributed by atoms with Crippen molar-refractivity contribution in [2.75, 3.05) is 27.9 Å². The van der Waals surface area contributed by atoms with Crippen LogP contribution in [-0.2, 0) is 9.47 Å². The molecule has 0 saturated carbocycles. The van der Waals surface area contributed by atoms with Gasteiger partial charge < -0.3 is 23.7 Å². The maximum absolute atomic E-state index is 12.3. The van der Waals surface area contributed by atoms with Gasteiger partial charge in [-0.2, -0.15) is 0 Å². The lowest BCUT2D eigenvalue weighted by molar-refractivity contribution is 0.0464. The van der Waals surface area contributed by atoms with E-state index in [0.717, 1.165) is 5.56 Å². The first kappa shape index (κ1) is 25.8. The molecule has 1 atom stereocenters. The molecule has 0 aliphatic rings. The molecular weight excluding hydrogens is 456 g/mol. The summed E-state index contributed by atoms with van der Waals surface area (Å²) in [5.41, 5.74) is 2.72. The van der Waals surface area contributed by atoms with Crippen LogP contribution in [0.3, 0.4) is 0 Å². The van der Waals surface area contributed by atoms with Gasteiger partial charge in [-0.1, -0.05) is 66.8 Å². The smallest absolute Gasteiger partial charge is 0.493 e. The van der Waals surface area contributed by atoms with Gasteiger partial charge in [0.2, 0.25) is 5.75 Å². The van der Waals surface area contributed by atoms with Crippen LogP contribution in [0, 0.1) is 23.7 Å². The predicted molar refractivity (Wildman–Crippen MR) is 137 cm³/mol. The van der Waals surface area contributed by atoms with Crippen LogP contribution in [0.4, 0.5) is 4.79 Å². The normalized spacial score (nSPS) is 10.4. The SMILES string of the molecule is C=CCOC(=O)OC(C#Cc1cc(OC)c(OC)c(OC)c1)c1ccccc1C#Cc1ccccc1. The van der Waals surface area contributed by atoms with Crippen molar-refractivity contribution in [1.29, 1.82) is 0 Å². The third-order valence-electron chi connectivity index (χ3n) is 4.90. The van der Waals surface area contributed by atoms with Crippen LogP contribution >= 0.6 is 0 Å². The van der Waals surface area contributed by atoms with Crippen molar-refractivity contribution in [3.8, 4) is 40.9 Å². The molecule has 0 heterocycles. The summed E-state index contributed by atoms with van der Waals surface area (Å²) in [6, 6.07) is 20.4. The largest absolute Gasteiger partial charge is 0.510 e. The van der Waals surface area contributed by atoms with Crippen molar-refractivity contribution in [2.45, 2.75) is 6.10 Å². The zero-order chi connectivity index (χ0) is 25.8. The molecule has 3 rings (SSSR count). The van der Waals surface area contributed by atoms with Crippen LogP contribution in [0.2, 0.25) is 0 Å². The predicted octanol–water partition coefficient (Wildman–Crippen LogP) is 5.54. The van der Waals surface area contributed by atoms with Gasteiger partial charge in [0.25, 0.3) is 0 Å². The molecule has 0 aliphatic carbocycles. The van der Waals surface area contributed by atoms with Crippen LogP contribution in [0.1, 0.15) is 28.4 Å². The Morgan fingerprint density at radius 2 is 1.53 bits per heavy atom. The summed E-state index contributed by atoms with van der Waals surface area (Å²) >= 11 is 0. The van der Waals surface area contributed by atoms with Crippen LogP contribution < -0.4 is 14.2 Å². The second-order valence-electron chi connectivity index (χ2n) is 7.23. The van der Waals surface area contributed by atoms with Crippen molar-refractivity contribution in [1.82, 2.24) is 0 Å². The van der Waals surface area contributed by atoms with Crippen molar-refractivity contribution in [3.05, 3.63) is 102 Å². The molecule has 6 nitrogen and oxygen atoms in total. The van der Waals surface area contributed by atoms with Crippen LogP contribution in [0.25, 0.3) is 0 Å². The van der Waals surface area contributed by atoms with Gasteiger partial charge >= 0.3 is 6.16 Å². The van der Waals surface area contributed by atoms with E-state index in [4.69, 9.17) is 23.7 Å². The zero-order valence-corrected chi connectivity index (χ0v) is 20.4. The third kappa shape index (κ3) is 6.85. The molecule has 0 aromatic heterocycles. The van der Waals surface area contributed by atoms with E-state index in [2.05, 4.69) is 30.3 Å². The molecule has 0 saturated heterocycles. The van der Waals surface area contributed by atoms with Crippen molar-refractivity contribution >= 4 is 6.16 Å². The van der Waals surface area contributed by atoms with Crippen molar-refractivity contribution in [2.24, 2.45) is 0 Å². The quantitative estimate of drug-likeness (QED) is 0.250. The Morgan fingerprint density at radius 3 is 2.17 bits per heavy atom. The molecule has 3 aromatic rings. The Balaban J connectivity index is 2.04. The van der Waals surface area contributed by atoms with Gasteiger partial charge in [-0.15, -0.1) is 0 Å². The number of rotatable bonds is 7. The Labute approximate surface area is 211 Å². The van der Waals surface area contributed by atoms with Crippen LogP contribution in [-0.4, -0.2) is 34.1 Å². The first-order valence-electron chi connectivity index (χ1n) is 11.0. The lowest BCUT2D eigenvalue weighted by atomic mass is 10.0. The van der Waals surface area contributed by atoms with Crippen molar-refractivity contribution in [3.63, 3.8) is 0 Å². The summed E-state index contributed by atoms with van der Waals surface area (Å²) in [6.07, 6.45) is -0.371. The summed E-state index contributed by atoms with van der Waals surface area (Å²) in [7, 11) is 4.58. The Bertz CT molecular complexity index is 1300. The average Bonchev–Trinajstić information content (AvgIpc) is 2.93. The fraction of sp³-hybridized carbons (Fsp3) is 0.167. The molecule has 0 bridgehead atoms. The maximum Gasteiger partial charge on any atom is 0.510 e. The standard InChI is InChI=1S/C30H26O6/c1-5-19-35-30(31)36-26(18-16-23-20-27(32-2)29(34-4)28(21-23)33-3)25-14-10-9-13-24(25)17-15-22-11-7-6-8-12-22/h5-14,20-21,26H,1,19H2,2-4H3. The Kier molecular flexibility index (Phi) is 9.44.